The zero-order valence-corrected chi connectivity index (χ0v) is 16.2. The van der Waals surface area contributed by atoms with Gasteiger partial charge in [-0.25, -0.2) is 0 Å². The third-order valence-corrected chi connectivity index (χ3v) is 5.52. The van der Waals surface area contributed by atoms with E-state index in [-0.39, 0.29) is 0 Å². The van der Waals surface area contributed by atoms with E-state index in [0.717, 1.165) is 30.8 Å². The smallest absolute Gasteiger partial charge is 0.0465 e. The number of aromatic nitrogens is 1. The largest absolute Gasteiger partial charge is 0.384 e. The third kappa shape index (κ3) is 3.59. The van der Waals surface area contributed by atoms with Gasteiger partial charge in [0.15, 0.2) is 0 Å². The maximum absolute atomic E-state index is 4.09. The number of benzene rings is 3. The summed E-state index contributed by atoms with van der Waals surface area (Å²) in [6.45, 7) is 0.918. The molecule has 3 heteroatoms. The number of nitrogens with one attached hydrogen (secondary N) is 2. The van der Waals surface area contributed by atoms with E-state index < -0.39 is 0 Å². The molecule has 2 N–H and O–H groups in total. The molecule has 0 bridgehead atoms. The predicted molar refractivity (Wildman–Crippen MR) is 123 cm³/mol. The Bertz CT molecular complexity index is 1180. The summed E-state index contributed by atoms with van der Waals surface area (Å²) in [4.78, 5) is 4.09. The Hall–Kier alpha value is -3.59. The van der Waals surface area contributed by atoms with E-state index in [2.05, 4.69) is 82.4 Å². The first-order valence-electron chi connectivity index (χ1n) is 10.1. The molecule has 1 aliphatic carbocycles. The standard InChI is InChI=1S/C26H23N3/c1-2-6-22-19(5-1)9-10-20(22)13-18-28-25-11-12-26(24-8-4-3-7-23(24)25)29-21-14-16-27-17-15-21/h1-8,10-12,14-17,28H,9,13,18H2,(H,27,29). The van der Waals surface area contributed by atoms with Crippen molar-refractivity contribution >= 4 is 33.4 Å². The van der Waals surface area contributed by atoms with Crippen LogP contribution in [0.2, 0.25) is 0 Å². The molecule has 5 rings (SSSR count). The van der Waals surface area contributed by atoms with E-state index in [1.165, 1.54) is 33.2 Å². The van der Waals surface area contributed by atoms with Gasteiger partial charge in [-0.1, -0.05) is 54.6 Å². The first kappa shape index (κ1) is 17.5. The first-order valence-corrected chi connectivity index (χ1v) is 10.1. The Kier molecular flexibility index (Phi) is 4.71. The molecule has 142 valence electrons. The number of fused-ring (bicyclic) bond motifs is 2. The maximum atomic E-state index is 4.09. The van der Waals surface area contributed by atoms with Crippen LogP contribution in [0.15, 0.2) is 91.3 Å². The van der Waals surface area contributed by atoms with Gasteiger partial charge >= 0.3 is 0 Å². The number of rotatable bonds is 6. The molecular formula is C26H23N3. The lowest BCUT2D eigenvalue weighted by Crippen LogP contribution is -2.03. The average Bonchev–Trinajstić information content (AvgIpc) is 3.19. The van der Waals surface area contributed by atoms with Crippen LogP contribution in [0.1, 0.15) is 17.5 Å². The second-order valence-corrected chi connectivity index (χ2v) is 7.33. The normalized spacial score (nSPS) is 12.5. The van der Waals surface area contributed by atoms with Crippen molar-refractivity contribution in [3.63, 3.8) is 0 Å². The Morgan fingerprint density at radius 1 is 0.759 bits per heavy atom. The molecule has 0 radical (unpaired) electrons. The van der Waals surface area contributed by atoms with Crippen molar-refractivity contribution in [2.24, 2.45) is 0 Å². The molecule has 0 unspecified atom stereocenters. The lowest BCUT2D eigenvalue weighted by atomic mass is 10.0. The lowest BCUT2D eigenvalue weighted by Gasteiger charge is -2.15. The van der Waals surface area contributed by atoms with Crippen LogP contribution in [0, 0.1) is 0 Å². The summed E-state index contributed by atoms with van der Waals surface area (Å²) >= 11 is 0. The van der Waals surface area contributed by atoms with Crippen molar-refractivity contribution in [1.29, 1.82) is 0 Å². The highest BCUT2D eigenvalue weighted by Gasteiger charge is 2.13. The highest BCUT2D eigenvalue weighted by atomic mass is 14.9. The molecule has 0 saturated carbocycles. The molecule has 0 spiro atoms. The fourth-order valence-electron chi connectivity index (χ4n) is 4.08. The van der Waals surface area contributed by atoms with Crippen molar-refractivity contribution in [2.75, 3.05) is 17.2 Å². The fraction of sp³-hybridized carbons (Fsp3) is 0.115. The SMILES string of the molecule is C1=C(CCNc2ccc(Nc3ccncc3)c3ccccc23)c2ccccc2C1. The Morgan fingerprint density at radius 3 is 2.34 bits per heavy atom. The first-order chi connectivity index (χ1) is 14.4. The van der Waals surface area contributed by atoms with Gasteiger partial charge in [-0.3, -0.25) is 4.98 Å². The van der Waals surface area contributed by atoms with E-state index in [1.807, 2.05) is 12.1 Å². The van der Waals surface area contributed by atoms with Gasteiger partial charge in [0.1, 0.15) is 0 Å². The Morgan fingerprint density at radius 2 is 1.48 bits per heavy atom. The second kappa shape index (κ2) is 7.80. The minimum absolute atomic E-state index is 0.918. The highest BCUT2D eigenvalue weighted by Crippen LogP contribution is 2.33. The van der Waals surface area contributed by atoms with Crippen molar-refractivity contribution in [3.8, 4) is 0 Å². The zero-order valence-electron chi connectivity index (χ0n) is 16.2. The number of pyridine rings is 1. The average molecular weight is 377 g/mol. The number of anilines is 3. The summed E-state index contributed by atoms with van der Waals surface area (Å²) in [6, 6.07) is 25.5. The molecule has 1 aliphatic rings. The van der Waals surface area contributed by atoms with E-state index in [0.29, 0.717) is 0 Å². The molecule has 4 aromatic rings. The molecule has 0 fully saturated rings. The van der Waals surface area contributed by atoms with Crippen molar-refractivity contribution in [3.05, 3.63) is 102 Å². The van der Waals surface area contributed by atoms with Gasteiger partial charge in [0, 0.05) is 46.8 Å². The van der Waals surface area contributed by atoms with Crippen LogP contribution in [0.3, 0.4) is 0 Å². The summed E-state index contributed by atoms with van der Waals surface area (Å²) in [5, 5.41) is 9.60. The minimum Gasteiger partial charge on any atom is -0.384 e. The van der Waals surface area contributed by atoms with Gasteiger partial charge < -0.3 is 10.6 Å². The van der Waals surface area contributed by atoms with Gasteiger partial charge in [0.05, 0.1) is 0 Å². The van der Waals surface area contributed by atoms with Crippen molar-refractivity contribution in [1.82, 2.24) is 4.98 Å². The molecule has 0 aliphatic heterocycles. The Balaban J connectivity index is 1.34. The van der Waals surface area contributed by atoms with E-state index in [9.17, 15) is 0 Å². The third-order valence-electron chi connectivity index (χ3n) is 5.52. The van der Waals surface area contributed by atoms with Crippen LogP contribution in [-0.2, 0) is 6.42 Å². The predicted octanol–water partition coefficient (Wildman–Crippen LogP) is 6.42. The molecule has 1 heterocycles. The molecule has 3 nitrogen and oxygen atoms in total. The molecule has 29 heavy (non-hydrogen) atoms. The van der Waals surface area contributed by atoms with Gasteiger partial charge in [-0.15, -0.1) is 0 Å². The number of hydrogen-bond acceptors (Lipinski definition) is 3. The molecule has 0 amide bonds. The molecule has 0 saturated heterocycles. The number of hydrogen-bond donors (Lipinski definition) is 2. The Labute approximate surface area is 171 Å². The number of allylic oxidation sites excluding steroid dienone is 1. The monoisotopic (exact) mass is 377 g/mol. The van der Waals surface area contributed by atoms with E-state index >= 15 is 0 Å². The van der Waals surface area contributed by atoms with Crippen LogP contribution >= 0.6 is 0 Å². The maximum Gasteiger partial charge on any atom is 0.0465 e. The van der Waals surface area contributed by atoms with Crippen LogP contribution in [0.25, 0.3) is 16.3 Å². The summed E-state index contributed by atoms with van der Waals surface area (Å²) in [6.07, 6.45) is 8.06. The summed E-state index contributed by atoms with van der Waals surface area (Å²) in [7, 11) is 0. The molecule has 1 aromatic heterocycles. The summed E-state index contributed by atoms with van der Waals surface area (Å²) in [5.41, 5.74) is 7.62. The van der Waals surface area contributed by atoms with Crippen LogP contribution < -0.4 is 10.6 Å². The van der Waals surface area contributed by atoms with Crippen LogP contribution in [0.4, 0.5) is 17.1 Å². The van der Waals surface area contributed by atoms with Gasteiger partial charge in [-0.2, -0.15) is 0 Å². The fourth-order valence-corrected chi connectivity index (χ4v) is 4.08. The molecular weight excluding hydrogens is 354 g/mol. The van der Waals surface area contributed by atoms with Crippen LogP contribution in [0.5, 0.6) is 0 Å². The zero-order chi connectivity index (χ0) is 19.5. The van der Waals surface area contributed by atoms with Crippen LogP contribution in [-0.4, -0.2) is 11.5 Å². The van der Waals surface area contributed by atoms with E-state index in [1.54, 1.807) is 12.4 Å². The lowest BCUT2D eigenvalue weighted by molar-refractivity contribution is 1.09. The number of nitrogens with zero attached hydrogens (tertiary/aromatic N) is 1. The van der Waals surface area contributed by atoms with Gasteiger partial charge in [0.2, 0.25) is 0 Å². The molecule has 0 atom stereocenters. The van der Waals surface area contributed by atoms with Gasteiger partial charge in [0.25, 0.3) is 0 Å². The quantitative estimate of drug-likeness (QED) is 0.407. The van der Waals surface area contributed by atoms with Gasteiger partial charge in [-0.05, 0) is 53.8 Å². The highest BCUT2D eigenvalue weighted by molar-refractivity contribution is 6.02. The topological polar surface area (TPSA) is 37.0 Å². The summed E-state index contributed by atoms with van der Waals surface area (Å²) in [5.74, 6) is 0. The molecule has 3 aromatic carbocycles. The minimum atomic E-state index is 0.918. The van der Waals surface area contributed by atoms with E-state index in [4.69, 9.17) is 0 Å². The summed E-state index contributed by atoms with van der Waals surface area (Å²) < 4.78 is 0. The van der Waals surface area contributed by atoms with Crippen molar-refractivity contribution in [2.45, 2.75) is 12.8 Å². The van der Waals surface area contributed by atoms with Crippen molar-refractivity contribution < 1.29 is 0 Å². The second-order valence-electron chi connectivity index (χ2n) is 7.33.